The van der Waals surface area contributed by atoms with Gasteiger partial charge in [-0.3, -0.25) is 9.36 Å². The van der Waals surface area contributed by atoms with Crippen molar-refractivity contribution in [3.63, 3.8) is 0 Å². The van der Waals surface area contributed by atoms with Crippen molar-refractivity contribution in [1.29, 1.82) is 0 Å². The first kappa shape index (κ1) is 21.8. The van der Waals surface area contributed by atoms with Gasteiger partial charge in [-0.05, 0) is 19.2 Å². The normalized spacial score (nSPS) is 11.2. The molecule has 3 rings (SSSR count). The molecule has 0 aliphatic carbocycles. The highest BCUT2D eigenvalue weighted by Crippen LogP contribution is 2.33. The van der Waals surface area contributed by atoms with Crippen LogP contribution in [0.25, 0.3) is 16.6 Å². The van der Waals surface area contributed by atoms with Crippen LogP contribution in [0.3, 0.4) is 0 Å². The smallest absolute Gasteiger partial charge is 0.344 e. The van der Waals surface area contributed by atoms with Crippen LogP contribution in [0, 0.1) is 34.9 Å². The predicted octanol–water partition coefficient (Wildman–Crippen LogP) is 4.72. The van der Waals surface area contributed by atoms with Gasteiger partial charge in [0.15, 0.2) is 29.1 Å². The van der Waals surface area contributed by atoms with Crippen molar-refractivity contribution in [2.24, 2.45) is 0 Å². The van der Waals surface area contributed by atoms with Gasteiger partial charge in [-0.2, -0.15) is 0 Å². The summed E-state index contributed by atoms with van der Waals surface area (Å²) in [6.07, 6.45) is 1.29. The molecular weight excluding hydrogens is 436 g/mol. The summed E-state index contributed by atoms with van der Waals surface area (Å²) in [5.41, 5.74) is -4.13. The first-order valence-electron chi connectivity index (χ1n) is 8.26. The van der Waals surface area contributed by atoms with E-state index in [4.69, 9.17) is 4.74 Å². The number of pyridine rings is 1. The summed E-state index contributed by atoms with van der Waals surface area (Å²) in [5.74, 6) is -11.3. The molecule has 1 aromatic heterocycles. The highest BCUT2D eigenvalue weighted by Gasteiger charge is 2.30. The molecule has 0 bridgehead atoms. The van der Waals surface area contributed by atoms with Crippen molar-refractivity contribution >= 4 is 28.6 Å². The molecule has 0 saturated heterocycles. The summed E-state index contributed by atoms with van der Waals surface area (Å²) in [6, 6.07) is 0.849. The van der Waals surface area contributed by atoms with Crippen LogP contribution in [0.15, 0.2) is 28.0 Å². The lowest BCUT2D eigenvalue weighted by atomic mass is 10.1. The number of hydrogen-bond donors (Lipinski definition) is 0. The van der Waals surface area contributed by atoms with Gasteiger partial charge in [0.2, 0.25) is 5.43 Å². The minimum atomic E-state index is -2.01. The maximum absolute atomic E-state index is 14.7. The fraction of sp³-hybridized carbons (Fsp3) is 0.158. The number of ether oxygens (including phenoxy) is 1. The van der Waals surface area contributed by atoms with Gasteiger partial charge in [-0.1, -0.05) is 0 Å². The van der Waals surface area contributed by atoms with Crippen LogP contribution in [0.4, 0.5) is 26.3 Å². The third kappa shape index (κ3) is 3.32. The zero-order chi connectivity index (χ0) is 22.3. The van der Waals surface area contributed by atoms with Crippen molar-refractivity contribution in [2.75, 3.05) is 12.9 Å². The zero-order valence-corrected chi connectivity index (χ0v) is 16.1. The molecule has 30 heavy (non-hydrogen) atoms. The van der Waals surface area contributed by atoms with Gasteiger partial charge in [0.25, 0.3) is 0 Å². The van der Waals surface area contributed by atoms with Crippen molar-refractivity contribution in [3.05, 3.63) is 68.9 Å². The summed E-state index contributed by atoms with van der Waals surface area (Å²) in [7, 11) is 0. The average Bonchev–Trinajstić information content (AvgIpc) is 2.66. The Morgan fingerprint density at radius 3 is 2.13 bits per heavy atom. The molecule has 0 amide bonds. The average molecular weight is 447 g/mol. The fourth-order valence-electron chi connectivity index (χ4n) is 2.96. The van der Waals surface area contributed by atoms with E-state index in [0.29, 0.717) is 22.4 Å². The summed E-state index contributed by atoms with van der Waals surface area (Å²) in [4.78, 5) is 25.2. The molecule has 1 heterocycles. The number of carbonyl (C=O) groups excluding carboxylic acids is 1. The summed E-state index contributed by atoms with van der Waals surface area (Å²) >= 11 is 0.593. The highest BCUT2D eigenvalue weighted by atomic mass is 32.2. The second-order valence-electron chi connectivity index (χ2n) is 5.87. The third-order valence-corrected chi connectivity index (χ3v) is 4.90. The quantitative estimate of drug-likeness (QED) is 0.251. The van der Waals surface area contributed by atoms with Crippen molar-refractivity contribution in [3.8, 4) is 5.69 Å². The number of benzene rings is 2. The molecule has 11 heteroatoms. The second-order valence-corrected chi connectivity index (χ2v) is 6.66. The van der Waals surface area contributed by atoms with E-state index in [1.165, 1.54) is 13.2 Å². The van der Waals surface area contributed by atoms with Gasteiger partial charge in [0.05, 0.1) is 22.5 Å². The molecule has 0 unspecified atom stereocenters. The Labute approximate surface area is 169 Å². The lowest BCUT2D eigenvalue weighted by molar-refractivity contribution is 0.0519. The Balaban J connectivity index is 2.68. The zero-order valence-electron chi connectivity index (χ0n) is 15.3. The molecule has 0 fully saturated rings. The SMILES string of the molecule is CCOC(=O)c1c(SC)n(-c2c(F)cc(F)cc2F)c2c(F)c(F)c(F)cc2c1=O. The van der Waals surface area contributed by atoms with Crippen molar-refractivity contribution in [1.82, 2.24) is 4.57 Å². The summed E-state index contributed by atoms with van der Waals surface area (Å²) in [6.45, 7) is 1.24. The third-order valence-electron chi connectivity index (χ3n) is 4.13. The van der Waals surface area contributed by atoms with E-state index in [2.05, 4.69) is 0 Å². The molecule has 0 N–H and O–H groups in total. The van der Waals surface area contributed by atoms with Crippen LogP contribution >= 0.6 is 11.8 Å². The summed E-state index contributed by atoms with van der Waals surface area (Å²) < 4.78 is 90.1. The van der Waals surface area contributed by atoms with Crippen molar-refractivity contribution < 1.29 is 35.9 Å². The molecule has 0 spiro atoms. The van der Waals surface area contributed by atoms with Gasteiger partial charge < -0.3 is 4.74 Å². The Bertz CT molecular complexity index is 1230. The highest BCUT2D eigenvalue weighted by molar-refractivity contribution is 7.98. The molecule has 0 saturated carbocycles. The van der Waals surface area contributed by atoms with E-state index in [9.17, 15) is 35.9 Å². The van der Waals surface area contributed by atoms with E-state index in [1.54, 1.807) is 0 Å². The number of aromatic nitrogens is 1. The van der Waals surface area contributed by atoms with Crippen molar-refractivity contribution in [2.45, 2.75) is 11.9 Å². The monoisotopic (exact) mass is 447 g/mol. The van der Waals surface area contributed by atoms with Crippen LogP contribution in [-0.2, 0) is 4.74 Å². The van der Waals surface area contributed by atoms with Gasteiger partial charge in [-0.25, -0.2) is 31.1 Å². The number of nitrogens with zero attached hydrogens (tertiary/aromatic N) is 1. The van der Waals surface area contributed by atoms with E-state index < -0.39 is 73.5 Å². The number of rotatable bonds is 4. The standard InChI is InChI=1S/C19H11F6NO3S/c1-3-29-19(28)12-17(27)8-6-9(21)13(24)14(25)15(8)26(18(12)30-2)16-10(22)4-7(20)5-11(16)23/h4-6H,3H2,1-2H3. The minimum absolute atomic E-state index is 0.185. The van der Waals surface area contributed by atoms with Crippen LogP contribution < -0.4 is 5.43 Å². The Kier molecular flexibility index (Phi) is 5.84. The molecule has 0 radical (unpaired) electrons. The van der Waals surface area contributed by atoms with Gasteiger partial charge in [0.1, 0.15) is 17.1 Å². The Morgan fingerprint density at radius 1 is 1.00 bits per heavy atom. The number of fused-ring (bicyclic) bond motifs is 1. The largest absolute Gasteiger partial charge is 0.462 e. The maximum atomic E-state index is 14.7. The van der Waals surface area contributed by atoms with E-state index >= 15 is 0 Å². The molecular formula is C19H11F6NO3S. The van der Waals surface area contributed by atoms with E-state index in [1.807, 2.05) is 0 Å². The molecule has 0 atom stereocenters. The minimum Gasteiger partial charge on any atom is -0.462 e. The van der Waals surface area contributed by atoms with E-state index in [-0.39, 0.29) is 18.7 Å². The molecule has 3 aromatic rings. The molecule has 158 valence electrons. The lowest BCUT2D eigenvalue weighted by Gasteiger charge is -2.20. The first-order chi connectivity index (χ1) is 14.1. The Morgan fingerprint density at radius 2 is 1.60 bits per heavy atom. The predicted molar refractivity (Wildman–Crippen MR) is 97.0 cm³/mol. The second kappa shape index (κ2) is 8.05. The number of hydrogen-bond acceptors (Lipinski definition) is 4. The number of thioether (sulfide) groups is 1. The van der Waals surface area contributed by atoms with E-state index in [0.717, 1.165) is 0 Å². The topological polar surface area (TPSA) is 48.3 Å². The summed E-state index contributed by atoms with van der Waals surface area (Å²) in [5, 5.41) is -1.38. The van der Waals surface area contributed by atoms with Crippen LogP contribution in [0.5, 0.6) is 0 Å². The van der Waals surface area contributed by atoms with Crippen LogP contribution in [0.2, 0.25) is 0 Å². The van der Waals surface area contributed by atoms with Gasteiger partial charge >= 0.3 is 5.97 Å². The van der Waals surface area contributed by atoms with Crippen LogP contribution in [-0.4, -0.2) is 23.4 Å². The molecule has 2 aromatic carbocycles. The fourth-order valence-corrected chi connectivity index (χ4v) is 3.71. The molecule has 0 aliphatic rings. The maximum Gasteiger partial charge on any atom is 0.344 e. The number of esters is 1. The van der Waals surface area contributed by atoms with Gasteiger partial charge in [-0.15, -0.1) is 11.8 Å². The number of carbonyl (C=O) groups is 1. The van der Waals surface area contributed by atoms with Crippen LogP contribution in [0.1, 0.15) is 17.3 Å². The Hall–Kier alpha value is -2.95. The van der Waals surface area contributed by atoms with Gasteiger partial charge in [0, 0.05) is 12.1 Å². The molecule has 0 aliphatic heterocycles. The lowest BCUT2D eigenvalue weighted by Crippen LogP contribution is -2.25. The first-order valence-corrected chi connectivity index (χ1v) is 9.48. The number of halogens is 6. The molecule has 4 nitrogen and oxygen atoms in total.